The molecule has 1 fully saturated rings. The van der Waals surface area contributed by atoms with E-state index in [0.29, 0.717) is 5.92 Å². The van der Waals surface area contributed by atoms with Gasteiger partial charge in [-0.15, -0.1) is 11.3 Å². The van der Waals surface area contributed by atoms with E-state index in [0.717, 1.165) is 50.9 Å². The maximum absolute atomic E-state index is 12.1. The summed E-state index contributed by atoms with van der Waals surface area (Å²) < 4.78 is 5.44. The van der Waals surface area contributed by atoms with Crippen LogP contribution in [0.15, 0.2) is 6.07 Å². The van der Waals surface area contributed by atoms with Crippen LogP contribution in [0.5, 0.6) is 0 Å². The lowest BCUT2D eigenvalue weighted by Crippen LogP contribution is -2.42. The van der Waals surface area contributed by atoms with Crippen molar-refractivity contribution >= 4 is 23.3 Å². The third kappa shape index (κ3) is 4.09. The van der Waals surface area contributed by atoms with Crippen molar-refractivity contribution in [2.45, 2.75) is 52.1 Å². The minimum absolute atomic E-state index is 0.0681. The molecule has 0 spiro atoms. The molecular formula is C18H26N2O3S. The first kappa shape index (κ1) is 17.3. The van der Waals surface area contributed by atoms with E-state index in [1.165, 1.54) is 9.75 Å². The molecule has 3 heterocycles. The van der Waals surface area contributed by atoms with Crippen LogP contribution in [0.3, 0.4) is 0 Å². The van der Waals surface area contributed by atoms with Crippen LogP contribution >= 0.6 is 11.3 Å². The molecule has 1 aromatic rings. The highest BCUT2D eigenvalue weighted by molar-refractivity contribution is 7.12. The number of piperidine rings is 1. The largest absolute Gasteiger partial charge is 0.444 e. The van der Waals surface area contributed by atoms with Crippen LogP contribution in [0, 0.1) is 5.92 Å². The fourth-order valence-electron chi connectivity index (χ4n) is 3.28. The summed E-state index contributed by atoms with van der Waals surface area (Å²) in [7, 11) is 0. The Hall–Kier alpha value is -1.56. The Labute approximate surface area is 147 Å². The highest BCUT2D eigenvalue weighted by atomic mass is 32.1. The molecule has 5 nitrogen and oxygen atoms in total. The number of nitrogens with zero attached hydrogens (tertiary/aromatic N) is 1. The summed E-state index contributed by atoms with van der Waals surface area (Å²) in [6.07, 6.45) is 3.74. The fraction of sp³-hybridized carbons (Fsp3) is 0.667. The molecule has 0 unspecified atom stereocenters. The summed E-state index contributed by atoms with van der Waals surface area (Å²) >= 11 is 1.78. The van der Waals surface area contributed by atoms with Crippen molar-refractivity contribution in [3.8, 4) is 0 Å². The third-order valence-corrected chi connectivity index (χ3v) is 5.72. The van der Waals surface area contributed by atoms with Gasteiger partial charge in [-0.3, -0.25) is 4.79 Å². The van der Waals surface area contributed by atoms with Crippen molar-refractivity contribution in [2.75, 3.05) is 19.6 Å². The summed E-state index contributed by atoms with van der Waals surface area (Å²) in [5.74, 6) is 0.644. The molecule has 0 aromatic carbocycles. The molecule has 1 aromatic heterocycles. The van der Waals surface area contributed by atoms with Crippen LogP contribution < -0.4 is 5.32 Å². The Kier molecular flexibility index (Phi) is 4.85. The predicted octanol–water partition coefficient (Wildman–Crippen LogP) is 3.22. The standard InChI is InChI=1S/C18H26N2O3S/c1-18(2,3)23-17(22)20-8-5-12(6-9-20)10-13-11-14-15(24-13)4-7-19-16(14)21/h11-12H,4-10H2,1-3H3,(H,19,21). The lowest BCUT2D eigenvalue weighted by atomic mass is 9.93. The zero-order valence-corrected chi connectivity index (χ0v) is 15.5. The van der Waals surface area contributed by atoms with Crippen LogP contribution in [0.1, 0.15) is 53.7 Å². The smallest absolute Gasteiger partial charge is 0.410 e. The number of carbonyl (C=O) groups excluding carboxylic acids is 2. The van der Waals surface area contributed by atoms with E-state index in [4.69, 9.17) is 4.74 Å². The Morgan fingerprint density at radius 3 is 2.71 bits per heavy atom. The molecule has 2 aliphatic heterocycles. The van der Waals surface area contributed by atoms with Gasteiger partial charge in [-0.1, -0.05) is 0 Å². The van der Waals surface area contributed by atoms with Crippen molar-refractivity contribution in [1.82, 2.24) is 10.2 Å². The van der Waals surface area contributed by atoms with Crippen LogP contribution in [-0.2, 0) is 17.6 Å². The molecule has 2 amide bonds. The highest BCUT2D eigenvalue weighted by Crippen LogP contribution is 2.30. The highest BCUT2D eigenvalue weighted by Gasteiger charge is 2.28. The molecule has 0 bridgehead atoms. The van der Waals surface area contributed by atoms with Crippen LogP contribution in [-0.4, -0.2) is 42.1 Å². The van der Waals surface area contributed by atoms with Crippen molar-refractivity contribution in [3.63, 3.8) is 0 Å². The number of carbonyl (C=O) groups is 2. The predicted molar refractivity (Wildman–Crippen MR) is 94.6 cm³/mol. The summed E-state index contributed by atoms with van der Waals surface area (Å²) in [5.41, 5.74) is 0.428. The molecule has 2 aliphatic rings. The average molecular weight is 350 g/mol. The minimum atomic E-state index is -0.440. The van der Waals surface area contributed by atoms with Gasteiger partial charge < -0.3 is 15.0 Å². The molecule has 1 N–H and O–H groups in total. The maximum atomic E-state index is 12.1. The Bertz CT molecular complexity index is 625. The lowest BCUT2D eigenvalue weighted by Gasteiger charge is -2.33. The number of thiophene rings is 1. The van der Waals surface area contributed by atoms with Gasteiger partial charge in [-0.2, -0.15) is 0 Å². The molecule has 0 aliphatic carbocycles. The summed E-state index contributed by atoms with van der Waals surface area (Å²) in [6.45, 7) is 7.95. The zero-order valence-electron chi connectivity index (χ0n) is 14.7. The fourth-order valence-corrected chi connectivity index (χ4v) is 4.56. The van der Waals surface area contributed by atoms with Crippen molar-refractivity contribution in [2.24, 2.45) is 5.92 Å². The molecule has 24 heavy (non-hydrogen) atoms. The van der Waals surface area contributed by atoms with Gasteiger partial charge >= 0.3 is 6.09 Å². The van der Waals surface area contributed by atoms with Crippen LogP contribution in [0.2, 0.25) is 0 Å². The molecule has 1 saturated heterocycles. The Balaban J connectivity index is 1.53. The van der Waals surface area contributed by atoms with E-state index >= 15 is 0 Å². The molecule has 0 atom stereocenters. The first-order valence-corrected chi connectivity index (χ1v) is 9.51. The van der Waals surface area contributed by atoms with Crippen molar-refractivity contribution in [3.05, 3.63) is 21.4 Å². The number of rotatable bonds is 2. The first-order chi connectivity index (χ1) is 11.3. The molecule has 3 rings (SSSR count). The van der Waals surface area contributed by atoms with E-state index in [-0.39, 0.29) is 12.0 Å². The molecule has 0 radical (unpaired) electrons. The number of nitrogens with one attached hydrogen (secondary N) is 1. The number of amides is 2. The number of likely N-dealkylation sites (tertiary alicyclic amines) is 1. The monoisotopic (exact) mass is 350 g/mol. The van der Waals surface area contributed by atoms with Gasteiger partial charge in [-0.25, -0.2) is 4.79 Å². The SMILES string of the molecule is CC(C)(C)OC(=O)N1CCC(Cc2cc3c(s2)CCNC3=O)CC1. The van der Waals surface area contributed by atoms with Gasteiger partial charge in [0.1, 0.15) is 5.60 Å². The summed E-state index contributed by atoms with van der Waals surface area (Å²) in [5, 5.41) is 2.90. The molecule has 6 heteroatoms. The second-order valence-electron chi connectivity index (χ2n) is 7.67. The zero-order chi connectivity index (χ0) is 17.3. The first-order valence-electron chi connectivity index (χ1n) is 8.69. The molecule has 0 saturated carbocycles. The number of hydrogen-bond acceptors (Lipinski definition) is 4. The summed E-state index contributed by atoms with van der Waals surface area (Å²) in [4.78, 5) is 28.3. The van der Waals surface area contributed by atoms with Crippen molar-refractivity contribution < 1.29 is 14.3 Å². The average Bonchev–Trinajstić information content (AvgIpc) is 2.90. The topological polar surface area (TPSA) is 58.6 Å². The molecular weight excluding hydrogens is 324 g/mol. The van der Waals surface area contributed by atoms with E-state index in [1.807, 2.05) is 25.7 Å². The van der Waals surface area contributed by atoms with Gasteiger partial charge in [0.15, 0.2) is 0 Å². The minimum Gasteiger partial charge on any atom is -0.444 e. The lowest BCUT2D eigenvalue weighted by molar-refractivity contribution is 0.0184. The van der Waals surface area contributed by atoms with E-state index in [1.54, 1.807) is 11.3 Å². The quantitative estimate of drug-likeness (QED) is 0.891. The number of fused-ring (bicyclic) bond motifs is 1. The number of hydrogen-bond donors (Lipinski definition) is 1. The third-order valence-electron chi connectivity index (χ3n) is 4.50. The van der Waals surface area contributed by atoms with Gasteiger partial charge in [0.2, 0.25) is 0 Å². The normalized spacial score (nSPS) is 19.0. The summed E-state index contributed by atoms with van der Waals surface area (Å²) in [6, 6.07) is 2.06. The van der Waals surface area contributed by atoms with E-state index < -0.39 is 5.60 Å². The van der Waals surface area contributed by atoms with Crippen LogP contribution in [0.25, 0.3) is 0 Å². The van der Waals surface area contributed by atoms with E-state index in [2.05, 4.69) is 11.4 Å². The van der Waals surface area contributed by atoms with Crippen LogP contribution in [0.4, 0.5) is 4.79 Å². The van der Waals surface area contributed by atoms with Gasteiger partial charge in [-0.05, 0) is 58.4 Å². The molecule has 132 valence electrons. The Morgan fingerprint density at radius 1 is 1.38 bits per heavy atom. The second kappa shape index (κ2) is 6.75. The second-order valence-corrected chi connectivity index (χ2v) is 8.89. The van der Waals surface area contributed by atoms with Gasteiger partial charge in [0.05, 0.1) is 5.56 Å². The van der Waals surface area contributed by atoms with Gasteiger partial charge in [0, 0.05) is 29.4 Å². The van der Waals surface area contributed by atoms with Gasteiger partial charge in [0.25, 0.3) is 5.91 Å². The maximum Gasteiger partial charge on any atom is 0.410 e. The Morgan fingerprint density at radius 2 is 2.08 bits per heavy atom. The van der Waals surface area contributed by atoms with Crippen molar-refractivity contribution in [1.29, 1.82) is 0 Å². The van der Waals surface area contributed by atoms with E-state index in [9.17, 15) is 9.59 Å². The number of ether oxygens (including phenoxy) is 1.